The zero-order valence-electron chi connectivity index (χ0n) is 14.5. The van der Waals surface area contributed by atoms with Crippen molar-refractivity contribution in [3.05, 3.63) is 72.2 Å². The minimum absolute atomic E-state index is 0.00182. The Bertz CT molecular complexity index is 872. The number of benzene rings is 2. The zero-order chi connectivity index (χ0) is 18.2. The predicted molar refractivity (Wildman–Crippen MR) is 101 cm³/mol. The van der Waals surface area contributed by atoms with Gasteiger partial charge < -0.3 is 15.1 Å². The highest BCUT2D eigenvalue weighted by molar-refractivity contribution is 5.91. The minimum atomic E-state index is -0.258. The van der Waals surface area contributed by atoms with Gasteiger partial charge in [0.2, 0.25) is 5.91 Å². The third kappa shape index (κ3) is 4.96. The quantitative estimate of drug-likeness (QED) is 0.612. The summed E-state index contributed by atoms with van der Waals surface area (Å²) in [6.45, 7) is 1.05. The van der Waals surface area contributed by atoms with Gasteiger partial charge in [0.1, 0.15) is 0 Å². The molecule has 0 bridgehead atoms. The fourth-order valence-electron chi connectivity index (χ4n) is 2.77. The lowest BCUT2D eigenvalue weighted by Gasteiger charge is -2.07. The molecule has 0 saturated heterocycles. The van der Waals surface area contributed by atoms with Gasteiger partial charge in [-0.25, -0.2) is 0 Å². The van der Waals surface area contributed by atoms with Crippen LogP contribution >= 0.6 is 0 Å². The Morgan fingerprint density at radius 2 is 1.73 bits per heavy atom. The number of fused-ring (bicyclic) bond motifs is 1. The van der Waals surface area contributed by atoms with E-state index < -0.39 is 0 Å². The Kier molecular flexibility index (Phi) is 6.04. The molecule has 1 aromatic heterocycles. The first kappa shape index (κ1) is 17.7. The molecule has 0 radical (unpaired) electrons. The average Bonchev–Trinajstić information content (AvgIpc) is 3.20. The van der Waals surface area contributed by atoms with E-state index in [1.54, 1.807) is 12.1 Å². The van der Waals surface area contributed by atoms with E-state index in [0.29, 0.717) is 25.9 Å². The van der Waals surface area contributed by atoms with Crippen LogP contribution in [0.2, 0.25) is 0 Å². The molecule has 134 valence electrons. The number of amides is 2. The summed E-state index contributed by atoms with van der Waals surface area (Å²) in [6.07, 6.45) is 3.23. The van der Waals surface area contributed by atoms with Gasteiger partial charge >= 0.3 is 0 Å². The van der Waals surface area contributed by atoms with Gasteiger partial charge in [0.25, 0.3) is 5.91 Å². The number of rotatable bonds is 8. The minimum Gasteiger partial charge on any atom is -0.459 e. The maximum Gasteiger partial charge on any atom is 0.286 e. The third-order valence-corrected chi connectivity index (χ3v) is 4.16. The molecule has 3 aromatic rings. The molecule has 5 heteroatoms. The van der Waals surface area contributed by atoms with E-state index >= 15 is 0 Å². The standard InChI is InChI=1S/C21H22N2O3/c24-20(8-3-12-23-21(25)19-7-4-14-26-19)22-13-11-16-9-10-17-5-1-2-6-18(17)15-16/h1-2,4-7,9-10,14-15H,3,8,11-13H2,(H,22,24)(H,23,25). The Labute approximate surface area is 152 Å². The zero-order valence-corrected chi connectivity index (χ0v) is 14.5. The third-order valence-electron chi connectivity index (χ3n) is 4.16. The van der Waals surface area contributed by atoms with Gasteiger partial charge in [0.05, 0.1) is 6.26 Å². The Morgan fingerprint density at radius 3 is 2.54 bits per heavy atom. The smallest absolute Gasteiger partial charge is 0.286 e. The first-order valence-electron chi connectivity index (χ1n) is 8.78. The van der Waals surface area contributed by atoms with E-state index in [1.165, 1.54) is 22.6 Å². The first-order chi connectivity index (χ1) is 12.7. The van der Waals surface area contributed by atoms with Crippen molar-refractivity contribution in [2.45, 2.75) is 19.3 Å². The molecule has 0 atom stereocenters. The van der Waals surface area contributed by atoms with Crippen LogP contribution in [0.1, 0.15) is 29.0 Å². The fourth-order valence-corrected chi connectivity index (χ4v) is 2.77. The number of hydrogen-bond donors (Lipinski definition) is 2. The molecule has 2 aromatic carbocycles. The van der Waals surface area contributed by atoms with Gasteiger partial charge in [-0.05, 0) is 41.3 Å². The molecule has 2 amide bonds. The van der Waals surface area contributed by atoms with Crippen LogP contribution in [0.15, 0.2) is 65.3 Å². The van der Waals surface area contributed by atoms with Gasteiger partial charge in [-0.2, -0.15) is 0 Å². The number of hydrogen-bond acceptors (Lipinski definition) is 3. The molecule has 0 aliphatic heterocycles. The van der Waals surface area contributed by atoms with Crippen LogP contribution in [0.3, 0.4) is 0 Å². The van der Waals surface area contributed by atoms with Crippen molar-refractivity contribution in [1.29, 1.82) is 0 Å². The average molecular weight is 350 g/mol. The van der Waals surface area contributed by atoms with E-state index in [4.69, 9.17) is 4.42 Å². The second-order valence-corrected chi connectivity index (χ2v) is 6.12. The summed E-state index contributed by atoms with van der Waals surface area (Å²) in [4.78, 5) is 23.5. The van der Waals surface area contributed by atoms with Crippen molar-refractivity contribution in [3.8, 4) is 0 Å². The van der Waals surface area contributed by atoms with Crippen molar-refractivity contribution in [2.75, 3.05) is 13.1 Å². The van der Waals surface area contributed by atoms with Gasteiger partial charge in [0.15, 0.2) is 5.76 Å². The van der Waals surface area contributed by atoms with E-state index in [1.807, 2.05) is 12.1 Å². The van der Waals surface area contributed by atoms with E-state index in [2.05, 4.69) is 41.0 Å². The molecule has 3 rings (SSSR count). The van der Waals surface area contributed by atoms with E-state index in [-0.39, 0.29) is 17.6 Å². The SMILES string of the molecule is O=C(CCCNC(=O)c1ccco1)NCCc1ccc2ccccc2c1. The molecule has 26 heavy (non-hydrogen) atoms. The Morgan fingerprint density at radius 1 is 0.885 bits per heavy atom. The molecular formula is C21H22N2O3. The van der Waals surface area contributed by atoms with Crippen LogP contribution < -0.4 is 10.6 Å². The molecular weight excluding hydrogens is 328 g/mol. The molecule has 0 fully saturated rings. The molecule has 0 saturated carbocycles. The molecule has 1 heterocycles. The van der Waals surface area contributed by atoms with Crippen LogP contribution in [-0.4, -0.2) is 24.9 Å². The highest BCUT2D eigenvalue weighted by atomic mass is 16.3. The normalized spacial score (nSPS) is 10.6. The van der Waals surface area contributed by atoms with Crippen LogP contribution in [0.5, 0.6) is 0 Å². The molecule has 2 N–H and O–H groups in total. The van der Waals surface area contributed by atoms with Crippen LogP contribution in [0.4, 0.5) is 0 Å². The van der Waals surface area contributed by atoms with Crippen molar-refractivity contribution in [3.63, 3.8) is 0 Å². The molecule has 0 aliphatic carbocycles. The number of carbonyl (C=O) groups excluding carboxylic acids is 2. The molecule has 0 unspecified atom stereocenters. The Hall–Kier alpha value is -3.08. The summed E-state index contributed by atoms with van der Waals surface area (Å²) < 4.78 is 5.00. The molecule has 5 nitrogen and oxygen atoms in total. The van der Waals surface area contributed by atoms with Crippen molar-refractivity contribution < 1.29 is 14.0 Å². The van der Waals surface area contributed by atoms with E-state index in [0.717, 1.165) is 6.42 Å². The van der Waals surface area contributed by atoms with Crippen molar-refractivity contribution in [1.82, 2.24) is 10.6 Å². The summed E-state index contributed by atoms with van der Waals surface area (Å²) in [5, 5.41) is 8.08. The maximum atomic E-state index is 11.9. The second-order valence-electron chi connectivity index (χ2n) is 6.12. The lowest BCUT2D eigenvalue weighted by atomic mass is 10.1. The summed E-state index contributed by atoms with van der Waals surface area (Å²) in [5.74, 6) is 0.0228. The topological polar surface area (TPSA) is 71.3 Å². The lowest BCUT2D eigenvalue weighted by molar-refractivity contribution is -0.121. The van der Waals surface area contributed by atoms with Gasteiger partial charge in [0, 0.05) is 19.5 Å². The van der Waals surface area contributed by atoms with Crippen molar-refractivity contribution >= 4 is 22.6 Å². The van der Waals surface area contributed by atoms with Crippen LogP contribution in [0, 0.1) is 0 Å². The maximum absolute atomic E-state index is 11.9. The molecule has 0 aliphatic rings. The number of carbonyl (C=O) groups is 2. The Balaban J connectivity index is 1.33. The van der Waals surface area contributed by atoms with Crippen LogP contribution in [-0.2, 0) is 11.2 Å². The summed E-state index contributed by atoms with van der Waals surface area (Å²) in [7, 11) is 0. The highest BCUT2D eigenvalue weighted by Gasteiger charge is 2.07. The van der Waals surface area contributed by atoms with Gasteiger partial charge in [-0.15, -0.1) is 0 Å². The first-order valence-corrected chi connectivity index (χ1v) is 8.78. The number of nitrogens with one attached hydrogen (secondary N) is 2. The van der Waals surface area contributed by atoms with Gasteiger partial charge in [-0.3, -0.25) is 9.59 Å². The summed E-state index contributed by atoms with van der Waals surface area (Å²) in [6, 6.07) is 17.9. The van der Waals surface area contributed by atoms with Crippen molar-refractivity contribution in [2.24, 2.45) is 0 Å². The van der Waals surface area contributed by atoms with E-state index in [9.17, 15) is 9.59 Å². The molecule has 0 spiro atoms. The summed E-state index contributed by atoms with van der Waals surface area (Å²) >= 11 is 0. The monoisotopic (exact) mass is 350 g/mol. The van der Waals surface area contributed by atoms with Gasteiger partial charge in [-0.1, -0.05) is 42.5 Å². The summed E-state index contributed by atoms with van der Waals surface area (Å²) in [5.41, 5.74) is 1.20. The largest absolute Gasteiger partial charge is 0.459 e. The van der Waals surface area contributed by atoms with Crippen LogP contribution in [0.25, 0.3) is 10.8 Å². The number of furan rings is 1. The highest BCUT2D eigenvalue weighted by Crippen LogP contribution is 2.15. The lowest BCUT2D eigenvalue weighted by Crippen LogP contribution is -2.28. The predicted octanol–water partition coefficient (Wildman–Crippen LogP) is 3.30. The second kappa shape index (κ2) is 8.85. The fraction of sp³-hybridized carbons (Fsp3) is 0.238.